The molecular formula is C12H16ClNO5S. The van der Waals surface area contributed by atoms with Crippen molar-refractivity contribution in [3.05, 3.63) is 28.3 Å². The third kappa shape index (κ3) is 3.83. The number of nitro benzene ring substituents is 1. The van der Waals surface area contributed by atoms with E-state index in [1.54, 1.807) is 6.92 Å². The number of rotatable bonds is 7. The molecule has 1 atom stereocenters. The Morgan fingerprint density at radius 1 is 1.40 bits per heavy atom. The van der Waals surface area contributed by atoms with Crippen LogP contribution in [0.5, 0.6) is 5.75 Å². The van der Waals surface area contributed by atoms with E-state index >= 15 is 0 Å². The number of benzene rings is 1. The number of sulfone groups is 1. The fraction of sp³-hybridized carbons (Fsp3) is 0.500. The smallest absolute Gasteiger partial charge is 0.274 e. The zero-order valence-corrected chi connectivity index (χ0v) is 12.8. The Kier molecular flexibility index (Phi) is 5.76. The van der Waals surface area contributed by atoms with Gasteiger partial charge in [0, 0.05) is 11.9 Å². The molecule has 1 aromatic rings. The highest BCUT2D eigenvalue weighted by Gasteiger charge is 2.26. The molecule has 0 aliphatic rings. The molecule has 0 aromatic heterocycles. The lowest BCUT2D eigenvalue weighted by Crippen LogP contribution is -2.18. The van der Waals surface area contributed by atoms with Gasteiger partial charge in [0.1, 0.15) is 5.75 Å². The van der Waals surface area contributed by atoms with Crippen LogP contribution in [-0.2, 0) is 9.84 Å². The van der Waals surface area contributed by atoms with Gasteiger partial charge in [0.2, 0.25) is 0 Å². The van der Waals surface area contributed by atoms with E-state index in [0.29, 0.717) is 0 Å². The average Bonchev–Trinajstić information content (AvgIpc) is 2.38. The first kappa shape index (κ1) is 16.7. The number of halogens is 1. The molecule has 8 heteroatoms. The molecule has 0 aliphatic heterocycles. The van der Waals surface area contributed by atoms with Crippen LogP contribution in [0.1, 0.15) is 20.3 Å². The molecule has 0 spiro atoms. The van der Waals surface area contributed by atoms with Crippen molar-refractivity contribution in [2.45, 2.75) is 30.4 Å². The minimum Gasteiger partial charge on any atom is -0.494 e. The second-order valence-electron chi connectivity index (χ2n) is 4.19. The van der Waals surface area contributed by atoms with Crippen LogP contribution in [0.15, 0.2) is 23.1 Å². The Balaban J connectivity index is 3.32. The van der Waals surface area contributed by atoms with E-state index < -0.39 is 20.0 Å². The Bertz CT molecular complexity index is 588. The molecular weight excluding hydrogens is 306 g/mol. The minimum absolute atomic E-state index is 0.118. The van der Waals surface area contributed by atoms with Crippen LogP contribution < -0.4 is 4.74 Å². The van der Waals surface area contributed by atoms with Gasteiger partial charge in [-0.25, -0.2) is 8.42 Å². The van der Waals surface area contributed by atoms with E-state index in [1.165, 1.54) is 19.1 Å². The molecule has 0 N–H and O–H groups in total. The van der Waals surface area contributed by atoms with Gasteiger partial charge in [0.05, 0.1) is 27.7 Å². The van der Waals surface area contributed by atoms with Gasteiger partial charge in [-0.3, -0.25) is 10.1 Å². The van der Waals surface area contributed by atoms with E-state index in [0.717, 1.165) is 6.07 Å². The highest BCUT2D eigenvalue weighted by Crippen LogP contribution is 2.28. The second-order valence-corrected chi connectivity index (χ2v) is 6.93. The fourth-order valence-corrected chi connectivity index (χ4v) is 3.53. The zero-order valence-electron chi connectivity index (χ0n) is 11.2. The lowest BCUT2D eigenvalue weighted by atomic mass is 10.3. The molecule has 1 unspecified atom stereocenters. The summed E-state index contributed by atoms with van der Waals surface area (Å²) in [5, 5.41) is 10.2. The summed E-state index contributed by atoms with van der Waals surface area (Å²) in [5.74, 6) is 0.367. The molecule has 20 heavy (non-hydrogen) atoms. The third-order valence-corrected chi connectivity index (χ3v) is 5.17. The van der Waals surface area contributed by atoms with Crippen LogP contribution in [-0.4, -0.2) is 31.1 Å². The van der Waals surface area contributed by atoms with Crippen LogP contribution in [0.2, 0.25) is 0 Å². The first-order valence-corrected chi connectivity index (χ1v) is 8.13. The van der Waals surface area contributed by atoms with Gasteiger partial charge in [-0.2, -0.15) is 0 Å². The maximum atomic E-state index is 12.3. The van der Waals surface area contributed by atoms with Gasteiger partial charge < -0.3 is 4.74 Å². The molecule has 0 heterocycles. The lowest BCUT2D eigenvalue weighted by molar-refractivity contribution is -0.385. The standard InChI is InChI=1S/C12H16ClNO5S/c1-3-19-11-6-10(14(15)16)7-12(8-11)20(17,18)9(2)4-5-13/h6-9H,3-5H2,1-2H3. The predicted molar refractivity (Wildman–Crippen MR) is 76.3 cm³/mol. The maximum Gasteiger partial charge on any atom is 0.274 e. The zero-order chi connectivity index (χ0) is 15.3. The van der Waals surface area contributed by atoms with Gasteiger partial charge in [0.15, 0.2) is 9.84 Å². The number of nitrogens with zero attached hydrogens (tertiary/aromatic N) is 1. The summed E-state index contributed by atoms with van der Waals surface area (Å²) < 4.78 is 29.8. The summed E-state index contributed by atoms with van der Waals surface area (Å²) in [6.45, 7) is 3.53. The van der Waals surface area contributed by atoms with Gasteiger partial charge in [0.25, 0.3) is 5.69 Å². The number of non-ortho nitro benzene ring substituents is 1. The molecule has 6 nitrogen and oxygen atoms in total. The van der Waals surface area contributed by atoms with Gasteiger partial charge in [-0.1, -0.05) is 0 Å². The van der Waals surface area contributed by atoms with Crippen LogP contribution in [0.25, 0.3) is 0 Å². The molecule has 0 radical (unpaired) electrons. The van der Waals surface area contributed by atoms with Crippen molar-refractivity contribution in [1.82, 2.24) is 0 Å². The summed E-state index contributed by atoms with van der Waals surface area (Å²) >= 11 is 5.56. The topological polar surface area (TPSA) is 86.5 Å². The van der Waals surface area contributed by atoms with Gasteiger partial charge in [-0.05, 0) is 26.3 Å². The van der Waals surface area contributed by atoms with Crippen LogP contribution >= 0.6 is 11.6 Å². The summed E-state index contributed by atoms with van der Waals surface area (Å²) in [4.78, 5) is 10.1. The Morgan fingerprint density at radius 2 is 2.05 bits per heavy atom. The number of nitro groups is 1. The van der Waals surface area contributed by atoms with Crippen molar-refractivity contribution >= 4 is 27.1 Å². The van der Waals surface area contributed by atoms with Crippen molar-refractivity contribution < 1.29 is 18.1 Å². The van der Waals surface area contributed by atoms with E-state index in [-0.39, 0.29) is 35.2 Å². The van der Waals surface area contributed by atoms with E-state index in [4.69, 9.17) is 16.3 Å². The van der Waals surface area contributed by atoms with Crippen LogP contribution in [0.3, 0.4) is 0 Å². The van der Waals surface area contributed by atoms with E-state index in [1.807, 2.05) is 0 Å². The second kappa shape index (κ2) is 6.90. The molecule has 0 aliphatic carbocycles. The normalized spacial score (nSPS) is 12.9. The predicted octanol–water partition coefficient (Wildman–Crippen LogP) is 2.78. The van der Waals surface area contributed by atoms with Gasteiger partial charge in [-0.15, -0.1) is 11.6 Å². The van der Waals surface area contributed by atoms with Crippen molar-refractivity contribution in [2.75, 3.05) is 12.5 Å². The molecule has 112 valence electrons. The van der Waals surface area contributed by atoms with Crippen molar-refractivity contribution in [3.63, 3.8) is 0 Å². The Morgan fingerprint density at radius 3 is 2.55 bits per heavy atom. The number of ether oxygens (including phenoxy) is 1. The number of hydrogen-bond acceptors (Lipinski definition) is 5. The average molecular weight is 322 g/mol. The Labute approximate surface area is 122 Å². The summed E-state index contributed by atoms with van der Waals surface area (Å²) in [5.41, 5.74) is -0.312. The van der Waals surface area contributed by atoms with Crippen molar-refractivity contribution in [2.24, 2.45) is 0 Å². The molecule has 1 rings (SSSR count). The number of hydrogen-bond donors (Lipinski definition) is 0. The quantitative estimate of drug-likeness (QED) is 0.438. The van der Waals surface area contributed by atoms with E-state index in [9.17, 15) is 18.5 Å². The first-order chi connectivity index (χ1) is 9.32. The minimum atomic E-state index is -3.67. The summed E-state index contributed by atoms with van der Waals surface area (Å²) in [6.07, 6.45) is 0.274. The summed E-state index contributed by atoms with van der Waals surface area (Å²) in [6, 6.07) is 3.55. The molecule has 0 saturated carbocycles. The maximum absolute atomic E-state index is 12.3. The largest absolute Gasteiger partial charge is 0.494 e. The number of alkyl halides is 1. The monoisotopic (exact) mass is 321 g/mol. The molecule has 0 fully saturated rings. The lowest BCUT2D eigenvalue weighted by Gasteiger charge is -2.12. The van der Waals surface area contributed by atoms with Gasteiger partial charge >= 0.3 is 0 Å². The SMILES string of the molecule is CCOc1cc([N+](=O)[O-])cc(S(=O)(=O)C(C)CCCl)c1. The third-order valence-electron chi connectivity index (χ3n) is 2.76. The molecule has 0 amide bonds. The first-order valence-electron chi connectivity index (χ1n) is 6.05. The molecule has 0 bridgehead atoms. The highest BCUT2D eigenvalue weighted by atomic mass is 35.5. The fourth-order valence-electron chi connectivity index (χ4n) is 1.62. The van der Waals surface area contributed by atoms with Crippen LogP contribution in [0.4, 0.5) is 5.69 Å². The molecule has 1 aromatic carbocycles. The Hall–Kier alpha value is -1.34. The summed E-state index contributed by atoms with van der Waals surface area (Å²) in [7, 11) is -3.67. The molecule has 0 saturated heterocycles. The van der Waals surface area contributed by atoms with Crippen LogP contribution in [0, 0.1) is 10.1 Å². The highest BCUT2D eigenvalue weighted by molar-refractivity contribution is 7.92. The van der Waals surface area contributed by atoms with Crippen molar-refractivity contribution in [3.8, 4) is 5.75 Å². The van der Waals surface area contributed by atoms with Crippen molar-refractivity contribution in [1.29, 1.82) is 0 Å². The van der Waals surface area contributed by atoms with E-state index in [2.05, 4.69) is 0 Å².